The molecular formula is C21H28O3. The molecule has 0 fully saturated rings. The lowest BCUT2D eigenvalue weighted by Crippen LogP contribution is -2.47. The van der Waals surface area contributed by atoms with Gasteiger partial charge in [-0.1, -0.05) is 31.4 Å². The topological polar surface area (TPSA) is 43.4 Å². The van der Waals surface area contributed by atoms with E-state index < -0.39 is 5.60 Å². The molecule has 0 saturated heterocycles. The van der Waals surface area contributed by atoms with Crippen molar-refractivity contribution >= 4 is 11.6 Å². The predicted octanol–water partition coefficient (Wildman–Crippen LogP) is 4.68. The Labute approximate surface area is 144 Å². The number of carbonyl (C=O) groups is 2. The van der Waals surface area contributed by atoms with Crippen molar-refractivity contribution in [1.29, 1.82) is 0 Å². The highest BCUT2D eigenvalue weighted by atomic mass is 16.5. The Kier molecular flexibility index (Phi) is 4.54. The van der Waals surface area contributed by atoms with Crippen LogP contribution in [0, 0.1) is 11.8 Å². The van der Waals surface area contributed by atoms with Gasteiger partial charge in [-0.05, 0) is 52.5 Å². The summed E-state index contributed by atoms with van der Waals surface area (Å²) >= 11 is 0. The van der Waals surface area contributed by atoms with Crippen molar-refractivity contribution in [2.24, 2.45) is 11.8 Å². The molecule has 3 nitrogen and oxygen atoms in total. The number of ether oxygens (including phenoxy) is 1. The van der Waals surface area contributed by atoms with Crippen LogP contribution in [-0.4, -0.2) is 17.2 Å². The second kappa shape index (κ2) is 6.34. The van der Waals surface area contributed by atoms with Crippen LogP contribution in [0.5, 0.6) is 0 Å². The third-order valence-corrected chi connectivity index (χ3v) is 5.70. The molecule has 3 aliphatic rings. The standard InChI is InChI=1S/C21H28O3/c1-5-6-7-8-14-12-17(22)18-15-11-13(2)9-10-16(15)21(3,4)24-20(18)19(14)23/h11-12,15-16H,5-10H2,1-4H3/t15-,16-/m1/s1. The molecule has 0 saturated carbocycles. The quantitative estimate of drug-likeness (QED) is 0.427. The molecule has 0 spiro atoms. The maximum atomic E-state index is 12.9. The zero-order chi connectivity index (χ0) is 17.5. The van der Waals surface area contributed by atoms with Crippen LogP contribution < -0.4 is 0 Å². The fraction of sp³-hybridized carbons (Fsp3) is 0.619. The molecule has 130 valence electrons. The van der Waals surface area contributed by atoms with Gasteiger partial charge in [0.15, 0.2) is 11.5 Å². The number of carbonyl (C=O) groups excluding carboxylic acids is 2. The Hall–Kier alpha value is -1.64. The number of hydrogen-bond donors (Lipinski definition) is 0. The molecule has 1 aliphatic heterocycles. The van der Waals surface area contributed by atoms with Crippen LogP contribution in [-0.2, 0) is 14.3 Å². The molecule has 2 aliphatic carbocycles. The van der Waals surface area contributed by atoms with Crippen LogP contribution in [0.1, 0.15) is 66.2 Å². The second-order valence-electron chi connectivity index (χ2n) is 7.95. The smallest absolute Gasteiger partial charge is 0.224 e. The average Bonchev–Trinajstić information content (AvgIpc) is 2.51. The fourth-order valence-corrected chi connectivity index (χ4v) is 4.32. The first-order chi connectivity index (χ1) is 11.3. The van der Waals surface area contributed by atoms with Gasteiger partial charge in [0.05, 0.1) is 5.57 Å². The van der Waals surface area contributed by atoms with Gasteiger partial charge in [-0.3, -0.25) is 9.59 Å². The first kappa shape index (κ1) is 17.2. The molecular weight excluding hydrogens is 300 g/mol. The summed E-state index contributed by atoms with van der Waals surface area (Å²) in [5, 5.41) is 0. The monoisotopic (exact) mass is 328 g/mol. The van der Waals surface area contributed by atoms with Crippen molar-refractivity contribution < 1.29 is 14.3 Å². The number of hydrogen-bond acceptors (Lipinski definition) is 3. The van der Waals surface area contributed by atoms with E-state index in [4.69, 9.17) is 4.74 Å². The van der Waals surface area contributed by atoms with Crippen LogP contribution >= 0.6 is 0 Å². The van der Waals surface area contributed by atoms with Crippen LogP contribution in [0.4, 0.5) is 0 Å². The summed E-state index contributed by atoms with van der Waals surface area (Å²) in [4.78, 5) is 25.7. The Balaban J connectivity index is 1.97. The lowest BCUT2D eigenvalue weighted by atomic mass is 9.66. The largest absolute Gasteiger partial charge is 0.483 e. The average molecular weight is 328 g/mol. The molecule has 0 amide bonds. The van der Waals surface area contributed by atoms with E-state index in [9.17, 15) is 9.59 Å². The zero-order valence-corrected chi connectivity index (χ0v) is 15.3. The van der Waals surface area contributed by atoms with E-state index in [0.717, 1.165) is 32.1 Å². The van der Waals surface area contributed by atoms with E-state index in [-0.39, 0.29) is 23.4 Å². The molecule has 2 atom stereocenters. The van der Waals surface area contributed by atoms with Gasteiger partial charge >= 0.3 is 0 Å². The van der Waals surface area contributed by atoms with E-state index >= 15 is 0 Å². The van der Waals surface area contributed by atoms with Crippen LogP contribution in [0.25, 0.3) is 0 Å². The summed E-state index contributed by atoms with van der Waals surface area (Å²) in [6.45, 7) is 8.35. The third kappa shape index (κ3) is 2.89. The summed E-state index contributed by atoms with van der Waals surface area (Å²) in [7, 11) is 0. The van der Waals surface area contributed by atoms with E-state index in [1.54, 1.807) is 6.08 Å². The summed E-state index contributed by atoms with van der Waals surface area (Å²) in [6, 6.07) is 0. The molecule has 0 N–H and O–H groups in total. The Morgan fingerprint density at radius 3 is 2.71 bits per heavy atom. The van der Waals surface area contributed by atoms with Crippen molar-refractivity contribution in [3.05, 3.63) is 34.6 Å². The SMILES string of the molecule is CCCCCC1=CC(=O)C2=C(OC(C)(C)[C@@H]3CCC(C)=C[C@@H]23)C1=O. The molecule has 3 heteroatoms. The molecule has 1 heterocycles. The Morgan fingerprint density at radius 2 is 2.00 bits per heavy atom. The van der Waals surface area contributed by atoms with E-state index in [1.165, 1.54) is 5.57 Å². The first-order valence-corrected chi connectivity index (χ1v) is 9.25. The highest BCUT2D eigenvalue weighted by Crippen LogP contribution is 2.49. The first-order valence-electron chi connectivity index (χ1n) is 9.25. The third-order valence-electron chi connectivity index (χ3n) is 5.70. The normalized spacial score (nSPS) is 28.7. The number of Topliss-reactive ketones (excluding diaryl/α,β-unsaturated/α-hetero) is 1. The van der Waals surface area contributed by atoms with Crippen molar-refractivity contribution in [3.63, 3.8) is 0 Å². The molecule has 0 radical (unpaired) electrons. The summed E-state index contributed by atoms with van der Waals surface area (Å²) in [5.74, 6) is 0.511. The molecule has 0 aromatic rings. The molecule has 0 unspecified atom stereocenters. The number of fused-ring (bicyclic) bond motifs is 2. The van der Waals surface area contributed by atoms with Gasteiger partial charge in [-0.25, -0.2) is 0 Å². The van der Waals surface area contributed by atoms with E-state index in [2.05, 4.69) is 33.8 Å². The van der Waals surface area contributed by atoms with Crippen molar-refractivity contribution in [2.45, 2.75) is 71.8 Å². The van der Waals surface area contributed by atoms with Gasteiger partial charge in [-0.2, -0.15) is 0 Å². The van der Waals surface area contributed by atoms with Crippen LogP contribution in [0.3, 0.4) is 0 Å². The minimum atomic E-state index is -0.414. The van der Waals surface area contributed by atoms with E-state index in [1.807, 2.05) is 0 Å². The van der Waals surface area contributed by atoms with Crippen molar-refractivity contribution in [1.82, 2.24) is 0 Å². The fourth-order valence-electron chi connectivity index (χ4n) is 4.32. The van der Waals surface area contributed by atoms with Gasteiger partial charge in [0, 0.05) is 17.4 Å². The Morgan fingerprint density at radius 1 is 1.25 bits per heavy atom. The maximum Gasteiger partial charge on any atom is 0.224 e. The lowest BCUT2D eigenvalue weighted by Gasteiger charge is -2.47. The highest BCUT2D eigenvalue weighted by molar-refractivity contribution is 6.22. The maximum absolute atomic E-state index is 12.9. The zero-order valence-electron chi connectivity index (χ0n) is 15.3. The van der Waals surface area contributed by atoms with Gasteiger partial charge < -0.3 is 4.74 Å². The van der Waals surface area contributed by atoms with Gasteiger partial charge in [0.25, 0.3) is 0 Å². The lowest BCUT2D eigenvalue weighted by molar-refractivity contribution is -0.128. The van der Waals surface area contributed by atoms with Crippen LogP contribution in [0.15, 0.2) is 34.6 Å². The van der Waals surface area contributed by atoms with Gasteiger partial charge in [0.2, 0.25) is 5.78 Å². The van der Waals surface area contributed by atoms with Gasteiger partial charge in [-0.15, -0.1) is 0 Å². The van der Waals surface area contributed by atoms with Crippen molar-refractivity contribution in [3.8, 4) is 0 Å². The minimum absolute atomic E-state index is 0.0161. The van der Waals surface area contributed by atoms with E-state index in [0.29, 0.717) is 23.3 Å². The number of allylic oxidation sites excluding steroid dienone is 5. The van der Waals surface area contributed by atoms with Gasteiger partial charge in [0.1, 0.15) is 5.60 Å². The van der Waals surface area contributed by atoms with Crippen LogP contribution in [0.2, 0.25) is 0 Å². The number of ketones is 2. The number of rotatable bonds is 4. The number of unbranched alkanes of at least 4 members (excludes halogenated alkanes) is 2. The predicted molar refractivity (Wildman–Crippen MR) is 94.4 cm³/mol. The molecule has 0 bridgehead atoms. The van der Waals surface area contributed by atoms with Crippen molar-refractivity contribution in [2.75, 3.05) is 0 Å². The summed E-state index contributed by atoms with van der Waals surface area (Å²) in [5.41, 5.74) is 2.11. The second-order valence-corrected chi connectivity index (χ2v) is 7.95. The molecule has 0 aromatic heterocycles. The molecule has 3 rings (SSSR count). The Bertz CT molecular complexity index is 661. The highest BCUT2D eigenvalue weighted by Gasteiger charge is 2.49. The minimum Gasteiger partial charge on any atom is -0.483 e. The molecule has 0 aromatic carbocycles. The summed E-state index contributed by atoms with van der Waals surface area (Å²) < 4.78 is 6.14. The summed E-state index contributed by atoms with van der Waals surface area (Å²) in [6.07, 6.45) is 9.59. The molecule has 24 heavy (non-hydrogen) atoms.